The fourth-order valence-electron chi connectivity index (χ4n) is 2.98. The summed E-state index contributed by atoms with van der Waals surface area (Å²) in [4.78, 5) is 16.4. The standard InChI is InChI=1S/C18H36N2O/c1-3-4-5-6-7-8-9-10-11-12-13-18(21)20-16-14-19(2)15-17-20/h3-17H2,1-2H3. The van der Waals surface area contributed by atoms with E-state index in [4.69, 9.17) is 0 Å². The molecule has 1 aliphatic rings. The van der Waals surface area contributed by atoms with Crippen LogP contribution in [-0.2, 0) is 4.79 Å². The van der Waals surface area contributed by atoms with Crippen LogP contribution in [0.5, 0.6) is 0 Å². The Bertz CT molecular complexity index is 260. The third-order valence-corrected chi connectivity index (χ3v) is 4.60. The predicted molar refractivity (Wildman–Crippen MR) is 90.5 cm³/mol. The van der Waals surface area contributed by atoms with Crippen molar-refractivity contribution in [3.05, 3.63) is 0 Å². The van der Waals surface area contributed by atoms with Crippen molar-refractivity contribution < 1.29 is 4.79 Å². The molecule has 0 aromatic heterocycles. The van der Waals surface area contributed by atoms with Crippen molar-refractivity contribution in [2.45, 2.75) is 77.6 Å². The maximum atomic E-state index is 12.0. The molecule has 0 aromatic rings. The number of carbonyl (C=O) groups is 1. The molecule has 3 heteroatoms. The quantitative estimate of drug-likeness (QED) is 0.537. The van der Waals surface area contributed by atoms with Crippen molar-refractivity contribution in [3.8, 4) is 0 Å². The smallest absolute Gasteiger partial charge is 0.222 e. The van der Waals surface area contributed by atoms with Gasteiger partial charge in [0.25, 0.3) is 0 Å². The van der Waals surface area contributed by atoms with E-state index in [1.807, 2.05) is 4.90 Å². The molecule has 0 atom stereocenters. The van der Waals surface area contributed by atoms with Crippen LogP contribution in [0.1, 0.15) is 77.6 Å². The number of carbonyl (C=O) groups excluding carboxylic acids is 1. The van der Waals surface area contributed by atoms with Crippen molar-refractivity contribution in [2.75, 3.05) is 33.2 Å². The molecule has 1 heterocycles. The van der Waals surface area contributed by atoms with Gasteiger partial charge in [0.2, 0.25) is 5.91 Å². The zero-order chi connectivity index (χ0) is 15.3. The predicted octanol–water partition coefficient (Wildman–Crippen LogP) is 4.07. The van der Waals surface area contributed by atoms with Gasteiger partial charge in [0.05, 0.1) is 0 Å². The molecule has 0 bridgehead atoms. The van der Waals surface area contributed by atoms with Gasteiger partial charge in [-0.05, 0) is 13.5 Å². The molecule has 0 spiro atoms. The zero-order valence-electron chi connectivity index (χ0n) is 14.4. The van der Waals surface area contributed by atoms with Crippen molar-refractivity contribution >= 4 is 5.91 Å². The fraction of sp³-hybridized carbons (Fsp3) is 0.944. The zero-order valence-corrected chi connectivity index (χ0v) is 14.4. The lowest BCUT2D eigenvalue weighted by molar-refractivity contribution is -0.132. The first kappa shape index (κ1) is 18.5. The summed E-state index contributed by atoms with van der Waals surface area (Å²) in [5.41, 5.74) is 0. The van der Waals surface area contributed by atoms with E-state index in [0.29, 0.717) is 5.91 Å². The Morgan fingerprint density at radius 2 is 1.24 bits per heavy atom. The second kappa shape index (κ2) is 12.0. The number of unbranched alkanes of at least 4 members (excludes halogenated alkanes) is 9. The van der Waals surface area contributed by atoms with Gasteiger partial charge in [-0.1, -0.05) is 64.7 Å². The molecule has 3 nitrogen and oxygen atoms in total. The lowest BCUT2D eigenvalue weighted by atomic mass is 10.1. The average Bonchev–Trinajstić information content (AvgIpc) is 2.49. The summed E-state index contributed by atoms with van der Waals surface area (Å²) < 4.78 is 0. The van der Waals surface area contributed by atoms with Crippen LogP contribution in [0.25, 0.3) is 0 Å². The van der Waals surface area contributed by atoms with E-state index in [-0.39, 0.29) is 0 Å². The summed E-state index contributed by atoms with van der Waals surface area (Å²) >= 11 is 0. The molecule has 0 aromatic carbocycles. The van der Waals surface area contributed by atoms with Gasteiger partial charge >= 0.3 is 0 Å². The van der Waals surface area contributed by atoms with Gasteiger partial charge in [-0.25, -0.2) is 0 Å². The van der Waals surface area contributed by atoms with Gasteiger partial charge in [0, 0.05) is 32.6 Å². The molecular weight excluding hydrogens is 260 g/mol. The lowest BCUT2D eigenvalue weighted by Gasteiger charge is -2.32. The van der Waals surface area contributed by atoms with Crippen LogP contribution in [-0.4, -0.2) is 48.9 Å². The molecule has 0 saturated carbocycles. The van der Waals surface area contributed by atoms with E-state index >= 15 is 0 Å². The van der Waals surface area contributed by atoms with Crippen molar-refractivity contribution in [2.24, 2.45) is 0 Å². The molecule has 0 N–H and O–H groups in total. The van der Waals surface area contributed by atoms with Crippen LogP contribution in [0.2, 0.25) is 0 Å². The van der Waals surface area contributed by atoms with Gasteiger partial charge in [0.1, 0.15) is 0 Å². The van der Waals surface area contributed by atoms with Crippen molar-refractivity contribution in [1.29, 1.82) is 0 Å². The number of amides is 1. The number of nitrogens with zero attached hydrogens (tertiary/aromatic N) is 2. The van der Waals surface area contributed by atoms with E-state index in [1.54, 1.807) is 0 Å². The third kappa shape index (κ3) is 9.13. The van der Waals surface area contributed by atoms with Crippen LogP contribution >= 0.6 is 0 Å². The summed E-state index contributed by atoms with van der Waals surface area (Å²) in [7, 11) is 2.13. The largest absolute Gasteiger partial charge is 0.340 e. The molecule has 0 aliphatic carbocycles. The monoisotopic (exact) mass is 296 g/mol. The van der Waals surface area contributed by atoms with Gasteiger partial charge in [-0.3, -0.25) is 4.79 Å². The second-order valence-electron chi connectivity index (χ2n) is 6.62. The summed E-state index contributed by atoms with van der Waals surface area (Å²) in [6.45, 7) is 6.18. The fourth-order valence-corrected chi connectivity index (χ4v) is 2.98. The number of likely N-dealkylation sites (N-methyl/N-ethyl adjacent to an activating group) is 1. The maximum Gasteiger partial charge on any atom is 0.222 e. The Morgan fingerprint density at radius 3 is 1.76 bits per heavy atom. The molecule has 1 aliphatic heterocycles. The molecular formula is C18H36N2O. The summed E-state index contributed by atoms with van der Waals surface area (Å²) in [5.74, 6) is 0.377. The normalized spacial score (nSPS) is 16.4. The highest BCUT2D eigenvalue weighted by molar-refractivity contribution is 5.76. The first-order chi connectivity index (χ1) is 10.2. The van der Waals surface area contributed by atoms with Crippen LogP contribution < -0.4 is 0 Å². The van der Waals surface area contributed by atoms with Crippen LogP contribution in [0.3, 0.4) is 0 Å². The second-order valence-corrected chi connectivity index (χ2v) is 6.62. The van der Waals surface area contributed by atoms with E-state index in [9.17, 15) is 4.79 Å². The molecule has 1 fully saturated rings. The van der Waals surface area contributed by atoms with Crippen LogP contribution in [0, 0.1) is 0 Å². The Kier molecular flexibility index (Phi) is 10.6. The average molecular weight is 296 g/mol. The number of piperazine rings is 1. The Hall–Kier alpha value is -0.570. The van der Waals surface area contributed by atoms with Gasteiger partial charge < -0.3 is 9.80 Å². The molecule has 21 heavy (non-hydrogen) atoms. The molecule has 1 rings (SSSR count). The number of hydrogen-bond acceptors (Lipinski definition) is 2. The highest BCUT2D eigenvalue weighted by Crippen LogP contribution is 2.12. The highest BCUT2D eigenvalue weighted by Gasteiger charge is 2.17. The van der Waals surface area contributed by atoms with Crippen LogP contribution in [0.4, 0.5) is 0 Å². The first-order valence-corrected chi connectivity index (χ1v) is 9.20. The van der Waals surface area contributed by atoms with E-state index in [1.165, 1.54) is 57.8 Å². The van der Waals surface area contributed by atoms with E-state index < -0.39 is 0 Å². The minimum atomic E-state index is 0.377. The molecule has 1 amide bonds. The topological polar surface area (TPSA) is 23.6 Å². The molecule has 0 unspecified atom stereocenters. The third-order valence-electron chi connectivity index (χ3n) is 4.60. The van der Waals surface area contributed by atoms with Gasteiger partial charge in [-0.2, -0.15) is 0 Å². The minimum absolute atomic E-state index is 0.377. The Morgan fingerprint density at radius 1 is 0.762 bits per heavy atom. The van der Waals surface area contributed by atoms with Crippen LogP contribution in [0.15, 0.2) is 0 Å². The van der Waals surface area contributed by atoms with Gasteiger partial charge in [-0.15, -0.1) is 0 Å². The maximum absolute atomic E-state index is 12.0. The first-order valence-electron chi connectivity index (χ1n) is 9.20. The van der Waals surface area contributed by atoms with Gasteiger partial charge in [0.15, 0.2) is 0 Å². The minimum Gasteiger partial charge on any atom is -0.340 e. The summed E-state index contributed by atoms with van der Waals surface area (Å²) in [6, 6.07) is 0. The number of rotatable bonds is 11. The summed E-state index contributed by atoms with van der Waals surface area (Å²) in [6.07, 6.45) is 14.1. The van der Waals surface area contributed by atoms with Crippen molar-refractivity contribution in [3.63, 3.8) is 0 Å². The highest BCUT2D eigenvalue weighted by atomic mass is 16.2. The molecule has 124 valence electrons. The Balaban J connectivity index is 1.86. The summed E-state index contributed by atoms with van der Waals surface area (Å²) in [5, 5.41) is 0. The van der Waals surface area contributed by atoms with E-state index in [0.717, 1.165) is 39.0 Å². The number of hydrogen-bond donors (Lipinski definition) is 0. The Labute approximate surface area is 132 Å². The SMILES string of the molecule is CCCCCCCCCCCCC(=O)N1CCN(C)CC1. The van der Waals surface area contributed by atoms with E-state index in [2.05, 4.69) is 18.9 Å². The molecule has 1 saturated heterocycles. The lowest BCUT2D eigenvalue weighted by Crippen LogP contribution is -2.47. The molecule has 0 radical (unpaired) electrons. The van der Waals surface area contributed by atoms with Crippen molar-refractivity contribution in [1.82, 2.24) is 9.80 Å².